The molecule has 0 saturated carbocycles. The monoisotopic (exact) mass is 401 g/mol. The molecule has 7 heteroatoms. The van der Waals surface area contributed by atoms with Gasteiger partial charge in [-0.25, -0.2) is 4.98 Å². The zero-order valence-corrected chi connectivity index (χ0v) is 16.9. The third-order valence-corrected chi connectivity index (χ3v) is 5.30. The first-order chi connectivity index (χ1) is 14.7. The highest BCUT2D eigenvalue weighted by molar-refractivity contribution is 5.87. The van der Waals surface area contributed by atoms with Crippen LogP contribution in [0.15, 0.2) is 54.7 Å². The van der Waals surface area contributed by atoms with Gasteiger partial charge in [-0.05, 0) is 30.8 Å². The maximum atomic E-state index is 12.9. The van der Waals surface area contributed by atoms with Crippen LogP contribution in [0.1, 0.15) is 17.0 Å². The molecule has 0 radical (unpaired) electrons. The molecule has 0 spiro atoms. The number of esters is 1. The molecule has 1 unspecified atom stereocenters. The van der Waals surface area contributed by atoms with Crippen molar-refractivity contribution in [1.82, 2.24) is 14.9 Å². The molecule has 30 heavy (non-hydrogen) atoms. The van der Waals surface area contributed by atoms with Crippen molar-refractivity contribution in [2.75, 3.05) is 38.1 Å². The first kappa shape index (κ1) is 19.8. The lowest BCUT2D eigenvalue weighted by atomic mass is 9.99. The van der Waals surface area contributed by atoms with Crippen LogP contribution in [0.2, 0.25) is 0 Å². The van der Waals surface area contributed by atoms with Crippen molar-refractivity contribution in [2.45, 2.75) is 12.5 Å². The summed E-state index contributed by atoms with van der Waals surface area (Å²) in [6.45, 7) is 3.46. The maximum Gasteiger partial charge on any atom is 0.328 e. The Labute approximate surface area is 175 Å². The summed E-state index contributed by atoms with van der Waals surface area (Å²) in [7, 11) is 2.08. The van der Waals surface area contributed by atoms with Crippen LogP contribution in [0.5, 0.6) is 0 Å². The second kappa shape index (κ2) is 8.89. The highest BCUT2D eigenvalue weighted by Crippen LogP contribution is 2.30. The summed E-state index contributed by atoms with van der Waals surface area (Å²) in [5.41, 5.74) is 2.82. The SMILES string of the molecule is CN1CCN(c2nc3cccnc3cc2C(C#N)C(=O)OCc2ccccc2)CC1. The largest absolute Gasteiger partial charge is 0.460 e. The molecule has 3 heterocycles. The van der Waals surface area contributed by atoms with Crippen LogP contribution in [0.25, 0.3) is 11.0 Å². The van der Waals surface area contributed by atoms with Crippen LogP contribution >= 0.6 is 0 Å². The Kier molecular flexibility index (Phi) is 5.87. The van der Waals surface area contributed by atoms with Gasteiger partial charge in [0.15, 0.2) is 5.92 Å². The topological polar surface area (TPSA) is 82.4 Å². The number of carbonyl (C=O) groups is 1. The second-order valence-electron chi connectivity index (χ2n) is 7.39. The Morgan fingerprint density at radius 2 is 1.90 bits per heavy atom. The third-order valence-electron chi connectivity index (χ3n) is 5.30. The number of fused-ring (bicyclic) bond motifs is 1. The first-order valence-corrected chi connectivity index (χ1v) is 9.95. The zero-order chi connectivity index (χ0) is 20.9. The van der Waals surface area contributed by atoms with Crippen LogP contribution in [0.3, 0.4) is 0 Å². The molecule has 4 rings (SSSR count). The Hall–Kier alpha value is -3.50. The summed E-state index contributed by atoms with van der Waals surface area (Å²) in [5.74, 6) is -0.983. The number of pyridine rings is 2. The molecule has 1 saturated heterocycles. The third kappa shape index (κ3) is 4.24. The highest BCUT2D eigenvalue weighted by Gasteiger charge is 2.29. The van der Waals surface area contributed by atoms with Gasteiger partial charge in [-0.1, -0.05) is 30.3 Å². The minimum atomic E-state index is -1.07. The van der Waals surface area contributed by atoms with Crippen molar-refractivity contribution in [1.29, 1.82) is 5.26 Å². The zero-order valence-electron chi connectivity index (χ0n) is 16.9. The van der Waals surface area contributed by atoms with Crippen LogP contribution in [0, 0.1) is 11.3 Å². The van der Waals surface area contributed by atoms with Crippen molar-refractivity contribution in [3.8, 4) is 6.07 Å². The lowest BCUT2D eigenvalue weighted by Crippen LogP contribution is -2.45. The van der Waals surface area contributed by atoms with Crippen molar-refractivity contribution >= 4 is 22.8 Å². The molecule has 1 aromatic carbocycles. The predicted octanol–water partition coefficient (Wildman–Crippen LogP) is 2.73. The number of aromatic nitrogens is 2. The van der Waals surface area contributed by atoms with Gasteiger partial charge >= 0.3 is 5.97 Å². The molecule has 0 amide bonds. The average Bonchev–Trinajstić information content (AvgIpc) is 2.79. The quantitative estimate of drug-likeness (QED) is 0.608. The van der Waals surface area contributed by atoms with E-state index in [9.17, 15) is 10.1 Å². The van der Waals surface area contributed by atoms with Crippen LogP contribution < -0.4 is 4.90 Å². The molecular formula is C23H23N5O2. The average molecular weight is 401 g/mol. The van der Waals surface area contributed by atoms with Crippen molar-refractivity contribution in [3.05, 3.63) is 65.9 Å². The molecule has 7 nitrogen and oxygen atoms in total. The molecule has 1 fully saturated rings. The van der Waals surface area contributed by atoms with Gasteiger partial charge in [0.1, 0.15) is 12.4 Å². The van der Waals surface area contributed by atoms with E-state index in [1.165, 1.54) is 0 Å². The Bertz CT molecular complexity index is 1070. The van der Waals surface area contributed by atoms with Crippen molar-refractivity contribution in [3.63, 3.8) is 0 Å². The van der Waals surface area contributed by atoms with E-state index in [1.54, 1.807) is 12.3 Å². The minimum Gasteiger partial charge on any atom is -0.460 e. The minimum absolute atomic E-state index is 0.126. The van der Waals surface area contributed by atoms with Crippen molar-refractivity contribution in [2.24, 2.45) is 0 Å². The van der Waals surface area contributed by atoms with Crippen LogP contribution in [0.4, 0.5) is 5.82 Å². The summed E-state index contributed by atoms with van der Waals surface area (Å²) in [5, 5.41) is 9.86. The molecule has 1 aliphatic heterocycles. The molecule has 1 atom stereocenters. The van der Waals surface area contributed by atoms with Crippen LogP contribution in [-0.2, 0) is 16.1 Å². The summed E-state index contributed by atoms with van der Waals surface area (Å²) >= 11 is 0. The fourth-order valence-corrected chi connectivity index (χ4v) is 3.55. The molecule has 0 bridgehead atoms. The van der Waals surface area contributed by atoms with E-state index in [2.05, 4.69) is 27.9 Å². The van der Waals surface area contributed by atoms with Gasteiger partial charge in [-0.2, -0.15) is 5.26 Å². The Morgan fingerprint density at radius 3 is 2.63 bits per heavy atom. The molecule has 0 aliphatic carbocycles. The fraction of sp³-hybridized carbons (Fsp3) is 0.304. The number of nitrogens with zero attached hydrogens (tertiary/aromatic N) is 5. The molecule has 2 aromatic heterocycles. The van der Waals surface area contributed by atoms with Gasteiger partial charge in [0.05, 0.1) is 17.1 Å². The highest BCUT2D eigenvalue weighted by atomic mass is 16.5. The number of nitriles is 1. The number of ether oxygens (including phenoxy) is 1. The van der Waals surface area contributed by atoms with Gasteiger partial charge in [0.2, 0.25) is 0 Å². The number of carbonyl (C=O) groups excluding carboxylic acids is 1. The van der Waals surface area contributed by atoms with Crippen molar-refractivity contribution < 1.29 is 9.53 Å². The summed E-state index contributed by atoms with van der Waals surface area (Å²) in [4.78, 5) is 26.4. The van der Waals surface area contributed by atoms with Crippen LogP contribution in [-0.4, -0.2) is 54.1 Å². The number of anilines is 1. The molecule has 1 aliphatic rings. The molecular weight excluding hydrogens is 378 g/mol. The van der Waals surface area contributed by atoms with E-state index in [-0.39, 0.29) is 6.61 Å². The van der Waals surface area contributed by atoms with E-state index in [0.717, 1.165) is 37.3 Å². The number of hydrogen-bond acceptors (Lipinski definition) is 7. The molecule has 0 N–H and O–H groups in total. The van der Waals surface area contributed by atoms with Gasteiger partial charge in [-0.15, -0.1) is 0 Å². The van der Waals surface area contributed by atoms with E-state index in [4.69, 9.17) is 9.72 Å². The van der Waals surface area contributed by atoms with E-state index in [1.807, 2.05) is 42.5 Å². The summed E-state index contributed by atoms with van der Waals surface area (Å²) in [6, 6.07) is 17.1. The lowest BCUT2D eigenvalue weighted by molar-refractivity contribution is -0.145. The lowest BCUT2D eigenvalue weighted by Gasteiger charge is -2.34. The second-order valence-corrected chi connectivity index (χ2v) is 7.39. The Morgan fingerprint density at radius 1 is 1.13 bits per heavy atom. The summed E-state index contributed by atoms with van der Waals surface area (Å²) in [6.07, 6.45) is 1.68. The molecule has 3 aromatic rings. The number of benzene rings is 1. The fourth-order valence-electron chi connectivity index (χ4n) is 3.55. The smallest absolute Gasteiger partial charge is 0.328 e. The van der Waals surface area contributed by atoms with E-state index in [0.29, 0.717) is 16.9 Å². The number of hydrogen-bond donors (Lipinski definition) is 0. The summed E-state index contributed by atoms with van der Waals surface area (Å²) < 4.78 is 5.47. The normalized spacial score (nSPS) is 15.5. The number of rotatable bonds is 5. The van der Waals surface area contributed by atoms with Gasteiger partial charge < -0.3 is 14.5 Å². The van der Waals surface area contributed by atoms with Gasteiger partial charge in [0, 0.05) is 37.9 Å². The molecule has 152 valence electrons. The Balaban J connectivity index is 1.66. The standard InChI is InChI=1S/C23H23N5O2/c1-27-10-12-28(13-11-27)22-18(14-21-20(26-22)8-5-9-25-21)19(15-24)23(29)30-16-17-6-3-2-4-7-17/h2-9,14,19H,10-13,16H2,1H3. The predicted molar refractivity (Wildman–Crippen MR) is 114 cm³/mol. The van der Waals surface area contributed by atoms with E-state index < -0.39 is 11.9 Å². The van der Waals surface area contributed by atoms with Gasteiger partial charge in [0.25, 0.3) is 0 Å². The maximum absolute atomic E-state index is 12.9. The van der Waals surface area contributed by atoms with Gasteiger partial charge in [-0.3, -0.25) is 9.78 Å². The number of likely N-dealkylation sites (N-methyl/N-ethyl adjacent to an activating group) is 1. The van der Waals surface area contributed by atoms with E-state index >= 15 is 0 Å². The first-order valence-electron chi connectivity index (χ1n) is 9.95. The number of piperazine rings is 1.